The van der Waals surface area contributed by atoms with Crippen molar-refractivity contribution in [3.63, 3.8) is 0 Å². The summed E-state index contributed by atoms with van der Waals surface area (Å²) < 4.78 is 9.43. The number of nitrogens with one attached hydrogen (secondary N) is 2. The minimum Gasteiger partial charge on any atom is -0.466 e. The number of rotatable bonds is 9. The van der Waals surface area contributed by atoms with E-state index in [4.69, 9.17) is 4.74 Å². The summed E-state index contributed by atoms with van der Waals surface area (Å²) in [5, 5.41) is 5.60. The summed E-state index contributed by atoms with van der Waals surface area (Å²) >= 11 is 0. The maximum Gasteiger partial charge on any atom is 0.333 e. The molecule has 2 N–H and O–H groups in total. The first-order valence-electron chi connectivity index (χ1n) is 5.89. The van der Waals surface area contributed by atoms with Crippen LogP contribution in [0.25, 0.3) is 0 Å². The minimum atomic E-state index is -0.330. The Morgan fingerprint density at radius 3 is 2.56 bits per heavy atom. The third-order valence-corrected chi connectivity index (χ3v) is 2.24. The first kappa shape index (κ1) is 16.6. The first-order valence-corrected chi connectivity index (χ1v) is 5.89. The molecule has 0 aliphatic heterocycles. The normalized spacial score (nSPS) is 11.2. The fourth-order valence-electron chi connectivity index (χ4n) is 1.24. The van der Waals surface area contributed by atoms with Gasteiger partial charge < -0.3 is 20.1 Å². The van der Waals surface area contributed by atoms with Crippen molar-refractivity contribution in [2.24, 2.45) is 0 Å². The summed E-state index contributed by atoms with van der Waals surface area (Å²) in [6.45, 7) is 3.53. The topological polar surface area (TPSA) is 76.7 Å². The molecule has 0 heterocycles. The molecule has 0 saturated heterocycles. The summed E-state index contributed by atoms with van der Waals surface area (Å²) in [7, 11) is 2.93. The van der Waals surface area contributed by atoms with E-state index in [9.17, 15) is 9.59 Å². The van der Waals surface area contributed by atoms with E-state index in [2.05, 4.69) is 15.4 Å². The van der Waals surface area contributed by atoms with Crippen LogP contribution < -0.4 is 10.6 Å². The summed E-state index contributed by atoms with van der Waals surface area (Å²) in [6, 6.07) is 0. The number of ether oxygens (including phenoxy) is 2. The zero-order valence-corrected chi connectivity index (χ0v) is 11.2. The molecule has 0 saturated carbocycles. The number of esters is 1. The van der Waals surface area contributed by atoms with E-state index in [1.165, 1.54) is 7.11 Å². The molecule has 0 aliphatic carbocycles. The lowest BCUT2D eigenvalue weighted by atomic mass is 10.2. The summed E-state index contributed by atoms with van der Waals surface area (Å²) in [6.07, 6.45) is 2.34. The fourth-order valence-corrected chi connectivity index (χ4v) is 1.24. The van der Waals surface area contributed by atoms with Crippen molar-refractivity contribution >= 4 is 11.9 Å². The van der Waals surface area contributed by atoms with Crippen molar-refractivity contribution in [2.75, 3.05) is 40.5 Å². The lowest BCUT2D eigenvalue weighted by molar-refractivity contribution is -0.136. The maximum atomic E-state index is 11.3. The standard InChI is InChI=1S/C12H22N2O4/c1-4-10(12(16)18-3)5-6-13-9-11(15)14-7-8-17-2/h5,13H,4,6-9H2,1-3H3,(H,14,15). The molecule has 0 fully saturated rings. The third-order valence-electron chi connectivity index (χ3n) is 2.24. The van der Waals surface area contributed by atoms with Crippen molar-refractivity contribution in [1.82, 2.24) is 10.6 Å². The largest absolute Gasteiger partial charge is 0.466 e. The lowest BCUT2D eigenvalue weighted by Crippen LogP contribution is -2.35. The quantitative estimate of drug-likeness (QED) is 0.342. The van der Waals surface area contributed by atoms with Crippen molar-refractivity contribution in [3.05, 3.63) is 11.6 Å². The van der Waals surface area contributed by atoms with Crippen molar-refractivity contribution < 1.29 is 19.1 Å². The second-order valence-corrected chi connectivity index (χ2v) is 3.55. The van der Waals surface area contributed by atoms with E-state index in [0.717, 1.165) is 0 Å². The molecule has 104 valence electrons. The van der Waals surface area contributed by atoms with Crippen molar-refractivity contribution in [3.8, 4) is 0 Å². The van der Waals surface area contributed by atoms with Gasteiger partial charge in [0.25, 0.3) is 0 Å². The Hall–Kier alpha value is -1.40. The fraction of sp³-hybridized carbons (Fsp3) is 0.667. The Labute approximate surface area is 108 Å². The van der Waals surface area contributed by atoms with Gasteiger partial charge in [0.15, 0.2) is 0 Å². The highest BCUT2D eigenvalue weighted by Gasteiger charge is 2.05. The van der Waals surface area contributed by atoms with Gasteiger partial charge in [0, 0.05) is 25.8 Å². The smallest absolute Gasteiger partial charge is 0.333 e. The maximum absolute atomic E-state index is 11.3. The van der Waals surface area contributed by atoms with Crippen LogP contribution in [0.4, 0.5) is 0 Å². The van der Waals surface area contributed by atoms with E-state index in [-0.39, 0.29) is 18.4 Å². The van der Waals surface area contributed by atoms with Gasteiger partial charge in [-0.2, -0.15) is 0 Å². The van der Waals surface area contributed by atoms with Crippen LogP contribution in [0, 0.1) is 0 Å². The third kappa shape index (κ3) is 7.81. The Kier molecular flexibility index (Phi) is 9.90. The molecular weight excluding hydrogens is 236 g/mol. The predicted octanol–water partition coefficient (Wildman–Crippen LogP) is -0.152. The van der Waals surface area contributed by atoms with E-state index in [1.807, 2.05) is 6.92 Å². The Morgan fingerprint density at radius 1 is 1.28 bits per heavy atom. The van der Waals surface area contributed by atoms with Crippen LogP contribution in [0.2, 0.25) is 0 Å². The molecule has 18 heavy (non-hydrogen) atoms. The molecule has 0 radical (unpaired) electrons. The van der Waals surface area contributed by atoms with Gasteiger partial charge in [-0.1, -0.05) is 13.0 Å². The highest BCUT2D eigenvalue weighted by Crippen LogP contribution is 2.01. The Balaban J connectivity index is 3.79. The van der Waals surface area contributed by atoms with Gasteiger partial charge >= 0.3 is 5.97 Å². The molecule has 0 aromatic heterocycles. The summed E-state index contributed by atoms with van der Waals surface area (Å²) in [4.78, 5) is 22.5. The van der Waals surface area contributed by atoms with Crippen molar-refractivity contribution in [1.29, 1.82) is 0 Å². The van der Waals surface area contributed by atoms with Gasteiger partial charge in [-0.25, -0.2) is 4.79 Å². The molecule has 6 heteroatoms. The van der Waals surface area contributed by atoms with E-state index in [0.29, 0.717) is 31.7 Å². The van der Waals surface area contributed by atoms with Crippen LogP contribution in [-0.4, -0.2) is 52.3 Å². The lowest BCUT2D eigenvalue weighted by Gasteiger charge is -2.05. The van der Waals surface area contributed by atoms with Crippen LogP contribution in [0.5, 0.6) is 0 Å². The number of carbonyl (C=O) groups excluding carboxylic acids is 2. The van der Waals surface area contributed by atoms with Crippen LogP contribution in [0.3, 0.4) is 0 Å². The molecular formula is C12H22N2O4. The summed E-state index contributed by atoms with van der Waals surface area (Å²) in [5.41, 5.74) is 0.602. The molecule has 0 bridgehead atoms. The zero-order valence-electron chi connectivity index (χ0n) is 11.2. The second-order valence-electron chi connectivity index (χ2n) is 3.55. The molecule has 0 rings (SSSR count). The van der Waals surface area contributed by atoms with Crippen LogP contribution in [0.1, 0.15) is 13.3 Å². The highest BCUT2D eigenvalue weighted by atomic mass is 16.5. The van der Waals surface area contributed by atoms with Gasteiger partial charge in [-0.15, -0.1) is 0 Å². The Bertz CT molecular complexity index is 290. The van der Waals surface area contributed by atoms with E-state index < -0.39 is 0 Å². The number of hydrogen-bond acceptors (Lipinski definition) is 5. The predicted molar refractivity (Wildman–Crippen MR) is 68.1 cm³/mol. The van der Waals surface area contributed by atoms with E-state index in [1.54, 1.807) is 13.2 Å². The second kappa shape index (κ2) is 10.7. The number of hydrogen-bond donors (Lipinski definition) is 2. The Morgan fingerprint density at radius 2 is 2.00 bits per heavy atom. The average Bonchev–Trinajstić information content (AvgIpc) is 2.38. The summed E-state index contributed by atoms with van der Waals surface area (Å²) in [5.74, 6) is -0.430. The number of amides is 1. The molecule has 0 spiro atoms. The van der Waals surface area contributed by atoms with Crippen LogP contribution in [0.15, 0.2) is 11.6 Å². The van der Waals surface area contributed by atoms with Gasteiger partial charge in [0.2, 0.25) is 5.91 Å². The molecule has 0 aliphatic rings. The highest BCUT2D eigenvalue weighted by molar-refractivity contribution is 5.88. The van der Waals surface area contributed by atoms with Crippen molar-refractivity contribution in [2.45, 2.75) is 13.3 Å². The molecule has 0 aromatic carbocycles. The zero-order chi connectivity index (χ0) is 13.8. The van der Waals surface area contributed by atoms with E-state index >= 15 is 0 Å². The first-order chi connectivity index (χ1) is 8.65. The monoisotopic (exact) mass is 258 g/mol. The van der Waals surface area contributed by atoms with Crippen LogP contribution >= 0.6 is 0 Å². The SMILES string of the molecule is CCC(=CCNCC(=O)NCCOC)C(=O)OC. The van der Waals surface area contributed by atoms with Gasteiger partial charge in [-0.3, -0.25) is 4.79 Å². The minimum absolute atomic E-state index is 0.100. The molecule has 6 nitrogen and oxygen atoms in total. The average molecular weight is 258 g/mol. The van der Waals surface area contributed by atoms with Crippen LogP contribution in [-0.2, 0) is 19.1 Å². The number of methoxy groups -OCH3 is 2. The van der Waals surface area contributed by atoms with Gasteiger partial charge in [0.1, 0.15) is 0 Å². The number of carbonyl (C=O) groups is 2. The van der Waals surface area contributed by atoms with Gasteiger partial charge in [-0.05, 0) is 6.42 Å². The van der Waals surface area contributed by atoms with Gasteiger partial charge in [0.05, 0.1) is 20.3 Å². The molecule has 1 amide bonds. The molecule has 0 aromatic rings. The molecule has 0 atom stereocenters. The molecule has 0 unspecified atom stereocenters.